The second-order valence-corrected chi connectivity index (χ2v) is 9.27. The molecule has 2 aliphatic heterocycles. The van der Waals surface area contributed by atoms with Gasteiger partial charge in [-0.2, -0.15) is 19.5 Å². The van der Waals surface area contributed by atoms with E-state index < -0.39 is 17.7 Å². The molecule has 0 bridgehead atoms. The van der Waals surface area contributed by atoms with Crippen molar-refractivity contribution in [3.05, 3.63) is 53.3 Å². The topological polar surface area (TPSA) is 122 Å². The summed E-state index contributed by atoms with van der Waals surface area (Å²) in [6.07, 6.45) is 0.678. The van der Waals surface area contributed by atoms with Gasteiger partial charge in [0.1, 0.15) is 23.4 Å². The molecule has 2 N–H and O–H groups in total. The van der Waals surface area contributed by atoms with E-state index in [0.29, 0.717) is 68.8 Å². The molecule has 1 amide bonds. The molecule has 192 valence electrons. The summed E-state index contributed by atoms with van der Waals surface area (Å²) in [5, 5.41) is 4.34. The van der Waals surface area contributed by atoms with Gasteiger partial charge in [-0.1, -0.05) is 6.07 Å². The van der Waals surface area contributed by atoms with E-state index in [4.69, 9.17) is 10.2 Å². The van der Waals surface area contributed by atoms with E-state index in [-0.39, 0.29) is 17.6 Å². The molecular weight excluding hydrogens is 484 g/mol. The van der Waals surface area contributed by atoms with Crippen LogP contribution in [0.25, 0.3) is 17.4 Å². The number of aromatic nitrogens is 5. The molecule has 0 unspecified atom stereocenters. The maximum absolute atomic E-state index is 14.0. The number of rotatable bonds is 5. The predicted octanol–water partition coefficient (Wildman–Crippen LogP) is 1.87. The van der Waals surface area contributed by atoms with Crippen LogP contribution in [0, 0.1) is 18.6 Å². The fourth-order valence-electron chi connectivity index (χ4n) is 4.69. The summed E-state index contributed by atoms with van der Waals surface area (Å²) in [6, 6.07) is 6.81. The van der Waals surface area contributed by atoms with E-state index in [2.05, 4.69) is 25.0 Å². The molecule has 11 nitrogen and oxygen atoms in total. The number of carbonyl (C=O) groups is 1. The van der Waals surface area contributed by atoms with Crippen molar-refractivity contribution in [2.24, 2.45) is 0 Å². The van der Waals surface area contributed by atoms with Crippen LogP contribution in [0.1, 0.15) is 17.7 Å². The minimum absolute atomic E-state index is 0.00544. The Morgan fingerprint density at radius 3 is 2.57 bits per heavy atom. The van der Waals surface area contributed by atoms with Gasteiger partial charge in [0.15, 0.2) is 5.76 Å². The SMILES string of the molecule is Cc1ccc(-c2nc3nc(N4CC[C@H]4C(=O)N4CCN(Cc5ccc(F)cc5F)CC4)nc(N)n3n2)o1. The number of nitrogens with zero attached hydrogens (tertiary/aromatic N) is 8. The van der Waals surface area contributed by atoms with Crippen molar-refractivity contribution < 1.29 is 18.0 Å². The van der Waals surface area contributed by atoms with Crippen molar-refractivity contribution in [2.45, 2.75) is 25.9 Å². The highest BCUT2D eigenvalue weighted by Crippen LogP contribution is 2.27. The van der Waals surface area contributed by atoms with Crippen molar-refractivity contribution in [3.8, 4) is 11.6 Å². The number of benzene rings is 1. The number of fused-ring (bicyclic) bond motifs is 1. The largest absolute Gasteiger partial charge is 0.458 e. The summed E-state index contributed by atoms with van der Waals surface area (Å²) >= 11 is 0. The van der Waals surface area contributed by atoms with Crippen molar-refractivity contribution in [1.82, 2.24) is 34.4 Å². The summed E-state index contributed by atoms with van der Waals surface area (Å²) in [4.78, 5) is 32.3. The van der Waals surface area contributed by atoms with Gasteiger partial charge in [0.25, 0.3) is 5.78 Å². The van der Waals surface area contributed by atoms with Crippen LogP contribution in [0.15, 0.2) is 34.7 Å². The number of amides is 1. The average Bonchev–Trinajstić information content (AvgIpc) is 3.47. The lowest BCUT2D eigenvalue weighted by atomic mass is 10.0. The summed E-state index contributed by atoms with van der Waals surface area (Å²) in [6.45, 7) is 5.05. The molecule has 4 aromatic rings. The normalized spacial score (nSPS) is 18.4. The van der Waals surface area contributed by atoms with Gasteiger partial charge in [-0.05, 0) is 31.5 Å². The number of hydrogen-bond donors (Lipinski definition) is 1. The Hall–Kier alpha value is -4.13. The first-order chi connectivity index (χ1) is 17.9. The van der Waals surface area contributed by atoms with Crippen LogP contribution in [-0.4, -0.2) is 79.0 Å². The fraction of sp³-hybridized carbons (Fsp3) is 0.375. The number of hydrogen-bond acceptors (Lipinski definition) is 9. The number of aryl methyl sites for hydroxylation is 1. The Morgan fingerprint density at radius 2 is 1.89 bits per heavy atom. The zero-order chi connectivity index (χ0) is 25.7. The van der Waals surface area contributed by atoms with Gasteiger partial charge in [0, 0.05) is 50.9 Å². The highest BCUT2D eigenvalue weighted by molar-refractivity contribution is 5.86. The summed E-state index contributed by atoms with van der Waals surface area (Å²) in [7, 11) is 0. The molecule has 2 aliphatic rings. The summed E-state index contributed by atoms with van der Waals surface area (Å²) < 4.78 is 34.1. The van der Waals surface area contributed by atoms with Crippen molar-refractivity contribution in [3.63, 3.8) is 0 Å². The van der Waals surface area contributed by atoms with Gasteiger partial charge in [-0.25, -0.2) is 8.78 Å². The van der Waals surface area contributed by atoms with E-state index in [1.165, 1.54) is 16.6 Å². The van der Waals surface area contributed by atoms with E-state index >= 15 is 0 Å². The molecular formula is C24H25F2N9O2. The molecule has 37 heavy (non-hydrogen) atoms. The van der Waals surface area contributed by atoms with Crippen LogP contribution in [0.4, 0.5) is 20.7 Å². The van der Waals surface area contributed by atoms with Crippen LogP contribution in [-0.2, 0) is 11.3 Å². The molecule has 3 aromatic heterocycles. The molecule has 0 spiro atoms. The molecule has 1 atom stereocenters. The van der Waals surface area contributed by atoms with Gasteiger partial charge < -0.3 is 20.0 Å². The van der Waals surface area contributed by atoms with E-state index in [1.807, 2.05) is 22.8 Å². The number of anilines is 2. The van der Waals surface area contributed by atoms with Crippen LogP contribution in [0.3, 0.4) is 0 Å². The van der Waals surface area contributed by atoms with Crippen molar-refractivity contribution in [1.29, 1.82) is 0 Å². The Kier molecular flexibility index (Phi) is 5.71. The Bertz CT molecular complexity index is 1480. The van der Waals surface area contributed by atoms with Crippen LogP contribution >= 0.6 is 0 Å². The fourth-order valence-corrected chi connectivity index (χ4v) is 4.69. The first-order valence-electron chi connectivity index (χ1n) is 12.0. The molecule has 13 heteroatoms. The Balaban J connectivity index is 1.12. The number of carbonyl (C=O) groups excluding carboxylic acids is 1. The highest BCUT2D eigenvalue weighted by Gasteiger charge is 2.39. The van der Waals surface area contributed by atoms with Gasteiger partial charge in [0.05, 0.1) is 0 Å². The first-order valence-corrected chi connectivity index (χ1v) is 12.0. The monoisotopic (exact) mass is 509 g/mol. The van der Waals surface area contributed by atoms with Gasteiger partial charge in [-0.3, -0.25) is 9.69 Å². The second kappa shape index (κ2) is 9.07. The molecule has 0 aliphatic carbocycles. The van der Waals surface area contributed by atoms with Gasteiger partial charge >= 0.3 is 0 Å². The van der Waals surface area contributed by atoms with Crippen molar-refractivity contribution >= 4 is 23.6 Å². The Morgan fingerprint density at radius 1 is 1.08 bits per heavy atom. The first kappa shape index (κ1) is 23.3. The Labute approximate surface area is 210 Å². The molecule has 2 fully saturated rings. The maximum Gasteiger partial charge on any atom is 0.259 e. The zero-order valence-corrected chi connectivity index (χ0v) is 20.1. The lowest BCUT2D eigenvalue weighted by Crippen LogP contribution is -2.60. The third kappa shape index (κ3) is 4.35. The molecule has 6 rings (SSSR count). The summed E-state index contributed by atoms with van der Waals surface area (Å²) in [5.41, 5.74) is 6.58. The second-order valence-electron chi connectivity index (χ2n) is 9.27. The van der Waals surface area contributed by atoms with Gasteiger partial charge in [-0.15, -0.1) is 5.10 Å². The number of nitrogen functional groups attached to an aromatic ring is 1. The molecule has 0 radical (unpaired) electrons. The molecule has 5 heterocycles. The third-order valence-electron chi connectivity index (χ3n) is 6.84. The quantitative estimate of drug-likeness (QED) is 0.430. The predicted molar refractivity (Wildman–Crippen MR) is 129 cm³/mol. The zero-order valence-electron chi connectivity index (χ0n) is 20.1. The molecule has 2 saturated heterocycles. The summed E-state index contributed by atoms with van der Waals surface area (Å²) in [5.74, 6) is 1.14. The minimum Gasteiger partial charge on any atom is -0.458 e. The number of halogens is 2. The lowest BCUT2D eigenvalue weighted by molar-refractivity contribution is -0.135. The number of nitrogens with two attached hydrogens (primary N) is 1. The minimum atomic E-state index is -0.594. The standard InChI is InChI=1S/C24H25F2N9O2/c1-14-2-5-19(37-14)20-28-24-30-23(29-22(27)35(24)31-20)34-7-6-18(34)21(36)33-10-8-32(9-11-33)13-15-3-4-16(25)12-17(15)26/h2-5,12,18H,6-11,13H2,1H3,(H2,27,28,29,30,31)/t18-/m0/s1. The number of furan rings is 1. The van der Waals surface area contributed by atoms with Crippen molar-refractivity contribution in [2.75, 3.05) is 43.4 Å². The maximum atomic E-state index is 14.0. The van der Waals surface area contributed by atoms with Crippen LogP contribution in [0.5, 0.6) is 0 Å². The molecule has 1 aromatic carbocycles. The van der Waals surface area contributed by atoms with E-state index in [1.54, 1.807) is 6.07 Å². The number of piperazine rings is 1. The van der Waals surface area contributed by atoms with E-state index in [0.717, 1.165) is 11.8 Å². The van der Waals surface area contributed by atoms with E-state index in [9.17, 15) is 13.6 Å². The van der Waals surface area contributed by atoms with Crippen LogP contribution < -0.4 is 10.6 Å². The van der Waals surface area contributed by atoms with Gasteiger partial charge in [0.2, 0.25) is 23.6 Å². The smallest absolute Gasteiger partial charge is 0.259 e. The lowest BCUT2D eigenvalue weighted by Gasteiger charge is -2.44. The highest BCUT2D eigenvalue weighted by atomic mass is 19.1. The average molecular weight is 510 g/mol. The third-order valence-corrected chi connectivity index (χ3v) is 6.84. The van der Waals surface area contributed by atoms with Crippen LogP contribution in [0.2, 0.25) is 0 Å². The molecule has 0 saturated carbocycles.